The molecule has 0 bridgehead atoms. The molecule has 1 aromatic rings. The Bertz CT molecular complexity index is 511. The van der Waals surface area contributed by atoms with Gasteiger partial charge in [0, 0.05) is 5.56 Å². The molecule has 4 N–H and O–H groups in total. The van der Waals surface area contributed by atoms with Crippen LogP contribution in [-0.4, -0.2) is 38.2 Å². The average molecular weight is 240 g/mol. The third-order valence-electron chi connectivity index (χ3n) is 2.62. The van der Waals surface area contributed by atoms with E-state index in [0.29, 0.717) is 0 Å². The largest absolute Gasteiger partial charge is 0.479 e. The summed E-state index contributed by atoms with van der Waals surface area (Å²) in [6.45, 7) is 0. The zero-order chi connectivity index (χ0) is 12.8. The predicted octanol–water partition coefficient (Wildman–Crippen LogP) is -0.876. The third-order valence-corrected chi connectivity index (χ3v) is 2.62. The molecule has 0 saturated carbocycles. The minimum absolute atomic E-state index is 0.192. The molecule has 2 atom stereocenters. The molecule has 0 aromatic heterocycles. The van der Waals surface area contributed by atoms with Gasteiger partial charge in [-0.2, -0.15) is 0 Å². The van der Waals surface area contributed by atoms with Crippen molar-refractivity contribution >= 4 is 11.9 Å². The highest BCUT2D eigenvalue weighted by Gasteiger charge is 2.69. The summed E-state index contributed by atoms with van der Waals surface area (Å²) in [6, 6.07) is 5.27. The van der Waals surface area contributed by atoms with E-state index in [1.54, 1.807) is 0 Å². The summed E-state index contributed by atoms with van der Waals surface area (Å²) in [5.74, 6) is -7.34. The lowest BCUT2D eigenvalue weighted by Gasteiger charge is -2.28. The van der Waals surface area contributed by atoms with Crippen molar-refractivity contribution in [2.75, 3.05) is 0 Å². The molecule has 17 heavy (non-hydrogen) atoms. The van der Waals surface area contributed by atoms with E-state index in [0.717, 1.165) is 0 Å². The number of carboxylic acid groups (broad SMARTS) is 2. The topological polar surface area (TPSA) is 124 Å². The summed E-state index contributed by atoms with van der Waals surface area (Å²) < 4.78 is 4.66. The number of ether oxygens (including phenoxy) is 1. The van der Waals surface area contributed by atoms with Gasteiger partial charge in [-0.05, 0) is 6.07 Å². The minimum Gasteiger partial charge on any atom is -0.479 e. The monoisotopic (exact) mass is 240 g/mol. The van der Waals surface area contributed by atoms with Gasteiger partial charge in [0.15, 0.2) is 0 Å². The standard InChI is InChI=1S/C10H8O7/c11-7(12)9(15)5-3-1-2-4-6(5)17-10(9,16)8(13)14/h1-4,15-16H,(H,11,12)(H,13,14). The van der Waals surface area contributed by atoms with E-state index < -0.39 is 23.3 Å². The van der Waals surface area contributed by atoms with Gasteiger partial charge < -0.3 is 25.2 Å². The molecule has 0 spiro atoms. The lowest BCUT2D eigenvalue weighted by Crippen LogP contribution is -2.61. The first-order chi connectivity index (χ1) is 7.84. The fourth-order valence-electron chi connectivity index (χ4n) is 1.73. The van der Waals surface area contributed by atoms with Crippen LogP contribution in [0.3, 0.4) is 0 Å². The van der Waals surface area contributed by atoms with Gasteiger partial charge in [0.1, 0.15) is 5.75 Å². The summed E-state index contributed by atoms with van der Waals surface area (Å²) >= 11 is 0. The van der Waals surface area contributed by atoms with Crippen molar-refractivity contribution < 1.29 is 34.8 Å². The van der Waals surface area contributed by atoms with Crippen molar-refractivity contribution in [2.45, 2.75) is 11.4 Å². The molecule has 2 unspecified atom stereocenters. The average Bonchev–Trinajstić information content (AvgIpc) is 2.51. The second-order valence-corrected chi connectivity index (χ2v) is 3.56. The van der Waals surface area contributed by atoms with Gasteiger partial charge in [-0.25, -0.2) is 9.59 Å². The molecule has 1 aliphatic rings. The Hall–Kier alpha value is -2.12. The van der Waals surface area contributed by atoms with E-state index in [1.165, 1.54) is 24.3 Å². The summed E-state index contributed by atoms with van der Waals surface area (Å²) in [7, 11) is 0. The molecule has 0 aliphatic carbocycles. The van der Waals surface area contributed by atoms with E-state index in [-0.39, 0.29) is 11.3 Å². The van der Waals surface area contributed by atoms with Crippen LogP contribution >= 0.6 is 0 Å². The molecule has 1 heterocycles. The van der Waals surface area contributed by atoms with Crippen LogP contribution in [0, 0.1) is 0 Å². The Morgan fingerprint density at radius 3 is 2.18 bits per heavy atom. The molecule has 2 rings (SSSR count). The smallest absolute Gasteiger partial charge is 0.381 e. The first-order valence-electron chi connectivity index (χ1n) is 4.54. The Labute approximate surface area is 94.5 Å². The SMILES string of the molecule is O=C(O)C1(O)Oc2ccccc2C1(O)C(=O)O. The van der Waals surface area contributed by atoms with E-state index in [2.05, 4.69) is 4.74 Å². The fourth-order valence-corrected chi connectivity index (χ4v) is 1.73. The normalized spacial score (nSPS) is 30.5. The number of carbonyl (C=O) groups is 2. The number of hydrogen-bond acceptors (Lipinski definition) is 5. The number of fused-ring (bicyclic) bond motifs is 1. The van der Waals surface area contributed by atoms with Gasteiger partial charge in [-0.15, -0.1) is 0 Å². The zero-order valence-electron chi connectivity index (χ0n) is 8.32. The van der Waals surface area contributed by atoms with Gasteiger partial charge in [0.05, 0.1) is 0 Å². The number of carboxylic acids is 2. The molecular weight excluding hydrogens is 232 g/mol. The van der Waals surface area contributed by atoms with Crippen LogP contribution in [0.5, 0.6) is 5.75 Å². The van der Waals surface area contributed by atoms with Crippen LogP contribution in [0.4, 0.5) is 0 Å². The van der Waals surface area contributed by atoms with Gasteiger partial charge >= 0.3 is 17.7 Å². The molecular formula is C10H8O7. The molecule has 0 saturated heterocycles. The first-order valence-corrected chi connectivity index (χ1v) is 4.54. The Balaban J connectivity index is 2.72. The first kappa shape index (κ1) is 11.4. The van der Waals surface area contributed by atoms with Gasteiger partial charge in [0.2, 0.25) is 0 Å². The van der Waals surface area contributed by atoms with Crippen molar-refractivity contribution in [1.29, 1.82) is 0 Å². The number of hydrogen-bond donors (Lipinski definition) is 4. The van der Waals surface area contributed by atoms with E-state index in [1.807, 2.05) is 0 Å². The molecule has 0 amide bonds. The van der Waals surface area contributed by atoms with Crippen molar-refractivity contribution in [3.05, 3.63) is 29.8 Å². The predicted molar refractivity (Wildman–Crippen MR) is 51.2 cm³/mol. The van der Waals surface area contributed by atoms with Gasteiger partial charge in [0.25, 0.3) is 5.60 Å². The van der Waals surface area contributed by atoms with Crippen LogP contribution in [0.15, 0.2) is 24.3 Å². The van der Waals surface area contributed by atoms with Crippen molar-refractivity contribution in [3.63, 3.8) is 0 Å². The summed E-state index contributed by atoms with van der Waals surface area (Å²) in [5.41, 5.74) is -3.35. The minimum atomic E-state index is -3.25. The van der Waals surface area contributed by atoms with Crippen LogP contribution in [-0.2, 0) is 15.2 Å². The number of aliphatic carboxylic acids is 2. The Morgan fingerprint density at radius 1 is 1.06 bits per heavy atom. The summed E-state index contributed by atoms with van der Waals surface area (Å²) in [5, 5.41) is 37.5. The third kappa shape index (κ3) is 1.17. The second kappa shape index (κ2) is 3.19. The Morgan fingerprint density at radius 2 is 1.65 bits per heavy atom. The maximum atomic E-state index is 11.1. The van der Waals surface area contributed by atoms with Crippen molar-refractivity contribution in [3.8, 4) is 5.75 Å². The molecule has 0 fully saturated rings. The van der Waals surface area contributed by atoms with Crippen LogP contribution in [0.2, 0.25) is 0 Å². The number of benzene rings is 1. The maximum absolute atomic E-state index is 11.1. The van der Waals surface area contributed by atoms with Gasteiger partial charge in [-0.1, -0.05) is 18.2 Å². The fraction of sp³-hybridized carbons (Fsp3) is 0.200. The number of rotatable bonds is 2. The second-order valence-electron chi connectivity index (χ2n) is 3.56. The van der Waals surface area contributed by atoms with E-state index in [4.69, 9.17) is 10.2 Å². The zero-order valence-corrected chi connectivity index (χ0v) is 8.32. The summed E-state index contributed by atoms with van der Waals surface area (Å²) in [4.78, 5) is 22.0. The van der Waals surface area contributed by atoms with Crippen molar-refractivity contribution in [2.24, 2.45) is 0 Å². The molecule has 7 nitrogen and oxygen atoms in total. The van der Waals surface area contributed by atoms with Crippen molar-refractivity contribution in [1.82, 2.24) is 0 Å². The van der Waals surface area contributed by atoms with Crippen LogP contribution in [0.25, 0.3) is 0 Å². The Kier molecular flexibility index (Phi) is 2.13. The number of para-hydroxylation sites is 1. The highest BCUT2D eigenvalue weighted by molar-refractivity contribution is 5.93. The van der Waals surface area contributed by atoms with Gasteiger partial charge in [-0.3, -0.25) is 0 Å². The maximum Gasteiger partial charge on any atom is 0.381 e. The van der Waals surface area contributed by atoms with Crippen LogP contribution < -0.4 is 4.74 Å². The van der Waals surface area contributed by atoms with E-state index >= 15 is 0 Å². The molecule has 7 heteroatoms. The number of aliphatic hydroxyl groups is 2. The quantitative estimate of drug-likeness (QED) is 0.529. The molecule has 1 aliphatic heterocycles. The lowest BCUT2D eigenvalue weighted by molar-refractivity contribution is -0.251. The highest BCUT2D eigenvalue weighted by atomic mass is 16.7. The lowest BCUT2D eigenvalue weighted by atomic mass is 9.87. The van der Waals surface area contributed by atoms with Crippen LogP contribution in [0.1, 0.15) is 5.56 Å². The molecule has 90 valence electrons. The van der Waals surface area contributed by atoms with E-state index in [9.17, 15) is 19.8 Å². The summed E-state index contributed by atoms with van der Waals surface area (Å²) in [6.07, 6.45) is 0. The molecule has 0 radical (unpaired) electrons. The molecule has 1 aromatic carbocycles. The highest BCUT2D eigenvalue weighted by Crippen LogP contribution is 2.46.